The van der Waals surface area contributed by atoms with Gasteiger partial charge >= 0.3 is 12.0 Å². The molecule has 0 aliphatic carbocycles. The number of aromatic nitrogens is 2. The Balaban J connectivity index is 1.62. The van der Waals surface area contributed by atoms with Gasteiger partial charge in [0.05, 0.1) is 20.8 Å². The summed E-state index contributed by atoms with van der Waals surface area (Å²) in [6.07, 6.45) is 4.84. The van der Waals surface area contributed by atoms with Gasteiger partial charge < -0.3 is 24.4 Å². The summed E-state index contributed by atoms with van der Waals surface area (Å²) in [4.78, 5) is 22.5. The molecule has 26 heavy (non-hydrogen) atoms. The Labute approximate surface area is 152 Å². The number of carbonyl (C=O) groups excluding carboxylic acids is 1. The van der Waals surface area contributed by atoms with Crippen molar-refractivity contribution < 1.29 is 19.0 Å². The minimum atomic E-state index is -0.192. The summed E-state index contributed by atoms with van der Waals surface area (Å²) in [7, 11) is 3.14. The van der Waals surface area contributed by atoms with E-state index in [4.69, 9.17) is 14.2 Å². The summed E-state index contributed by atoms with van der Waals surface area (Å²) in [5.41, 5.74) is 0.612. The summed E-state index contributed by atoms with van der Waals surface area (Å²) in [6, 6.07) is 7.11. The normalized spacial score (nSPS) is 16.7. The predicted octanol–water partition coefficient (Wildman–Crippen LogP) is 2.57. The zero-order valence-electron chi connectivity index (χ0n) is 14.8. The van der Waals surface area contributed by atoms with Gasteiger partial charge in [0.15, 0.2) is 0 Å². The fourth-order valence-electron chi connectivity index (χ4n) is 2.80. The highest BCUT2D eigenvalue weighted by molar-refractivity contribution is 5.90. The van der Waals surface area contributed by atoms with Crippen molar-refractivity contribution in [1.82, 2.24) is 14.9 Å². The maximum atomic E-state index is 12.6. The van der Waals surface area contributed by atoms with Gasteiger partial charge in [-0.05, 0) is 18.9 Å². The molecule has 8 nitrogen and oxygen atoms in total. The molecule has 1 N–H and O–H groups in total. The van der Waals surface area contributed by atoms with E-state index < -0.39 is 0 Å². The number of ether oxygens (including phenoxy) is 3. The zero-order valence-corrected chi connectivity index (χ0v) is 14.8. The van der Waals surface area contributed by atoms with Crippen LogP contribution in [0.15, 0.2) is 36.7 Å². The Kier molecular flexibility index (Phi) is 5.73. The predicted molar refractivity (Wildman–Crippen MR) is 95.8 cm³/mol. The second-order valence-corrected chi connectivity index (χ2v) is 5.89. The van der Waals surface area contributed by atoms with Crippen LogP contribution in [0.25, 0.3) is 0 Å². The largest absolute Gasteiger partial charge is 0.497 e. The summed E-state index contributed by atoms with van der Waals surface area (Å²) in [5, 5.41) is 2.89. The topological polar surface area (TPSA) is 85.8 Å². The number of nitrogens with zero attached hydrogens (tertiary/aromatic N) is 3. The highest BCUT2D eigenvalue weighted by atomic mass is 16.5. The maximum Gasteiger partial charge on any atom is 0.321 e. The first-order valence-electron chi connectivity index (χ1n) is 8.40. The van der Waals surface area contributed by atoms with E-state index in [9.17, 15) is 4.79 Å². The SMILES string of the molecule is COc1cc(NC(=O)N2CCCC(Oc3ncccn3)C2)cc(OC)c1. The molecule has 2 heterocycles. The van der Waals surface area contributed by atoms with Crippen LogP contribution < -0.4 is 19.5 Å². The highest BCUT2D eigenvalue weighted by Gasteiger charge is 2.25. The number of amides is 2. The standard InChI is InChI=1S/C18H22N4O4/c1-24-15-9-13(10-16(11-15)25-2)21-18(23)22-8-3-5-14(12-22)26-17-19-6-4-7-20-17/h4,6-7,9-11,14H,3,5,8,12H2,1-2H3,(H,21,23). The Morgan fingerprint density at radius 3 is 2.50 bits per heavy atom. The molecule has 138 valence electrons. The number of hydrogen-bond acceptors (Lipinski definition) is 6. The van der Waals surface area contributed by atoms with Crippen molar-refractivity contribution in [2.45, 2.75) is 18.9 Å². The third-order valence-corrected chi connectivity index (χ3v) is 4.08. The molecule has 2 amide bonds. The zero-order chi connectivity index (χ0) is 18.4. The van der Waals surface area contributed by atoms with Crippen LogP contribution in [-0.2, 0) is 0 Å². The molecule has 1 atom stereocenters. The Morgan fingerprint density at radius 2 is 1.85 bits per heavy atom. The fourth-order valence-corrected chi connectivity index (χ4v) is 2.80. The van der Waals surface area contributed by atoms with E-state index >= 15 is 0 Å². The second-order valence-electron chi connectivity index (χ2n) is 5.89. The molecular weight excluding hydrogens is 336 g/mol. The fraction of sp³-hybridized carbons (Fsp3) is 0.389. The van der Waals surface area contributed by atoms with E-state index in [1.807, 2.05) is 0 Å². The van der Waals surface area contributed by atoms with E-state index in [0.29, 0.717) is 36.3 Å². The van der Waals surface area contributed by atoms with Gasteiger partial charge in [0, 0.05) is 42.8 Å². The molecule has 1 unspecified atom stereocenters. The molecule has 0 saturated carbocycles. The van der Waals surface area contributed by atoms with Crippen molar-refractivity contribution in [3.05, 3.63) is 36.7 Å². The molecule has 1 fully saturated rings. The van der Waals surface area contributed by atoms with Crippen molar-refractivity contribution in [2.75, 3.05) is 32.6 Å². The summed E-state index contributed by atoms with van der Waals surface area (Å²) in [5.74, 6) is 1.22. The number of hydrogen-bond donors (Lipinski definition) is 1. The third-order valence-electron chi connectivity index (χ3n) is 4.08. The lowest BCUT2D eigenvalue weighted by Crippen LogP contribution is -2.46. The van der Waals surface area contributed by atoms with E-state index in [0.717, 1.165) is 12.8 Å². The van der Waals surface area contributed by atoms with Crippen molar-refractivity contribution in [2.24, 2.45) is 0 Å². The van der Waals surface area contributed by atoms with Gasteiger partial charge in [0.1, 0.15) is 17.6 Å². The molecule has 1 aliphatic rings. The lowest BCUT2D eigenvalue weighted by molar-refractivity contribution is 0.0983. The summed E-state index contributed by atoms with van der Waals surface area (Å²) >= 11 is 0. The molecule has 1 aliphatic heterocycles. The molecule has 0 spiro atoms. The summed E-state index contributed by atoms with van der Waals surface area (Å²) < 4.78 is 16.2. The van der Waals surface area contributed by atoms with Gasteiger partial charge in [-0.25, -0.2) is 14.8 Å². The quantitative estimate of drug-likeness (QED) is 0.884. The number of urea groups is 1. The molecule has 1 aromatic heterocycles. The van der Waals surface area contributed by atoms with Gasteiger partial charge in [-0.2, -0.15) is 0 Å². The molecule has 0 bridgehead atoms. The van der Waals surface area contributed by atoms with E-state index in [1.165, 1.54) is 0 Å². The van der Waals surface area contributed by atoms with Crippen LogP contribution in [-0.4, -0.2) is 54.3 Å². The van der Waals surface area contributed by atoms with Gasteiger partial charge in [0.25, 0.3) is 0 Å². The molecule has 8 heteroatoms. The van der Waals surface area contributed by atoms with Gasteiger partial charge in [0.2, 0.25) is 0 Å². The number of methoxy groups -OCH3 is 2. The molecule has 3 rings (SSSR count). The van der Waals surface area contributed by atoms with Crippen LogP contribution >= 0.6 is 0 Å². The second kappa shape index (κ2) is 8.37. The van der Waals surface area contributed by atoms with E-state index in [1.54, 1.807) is 55.8 Å². The molecule has 2 aromatic rings. The number of likely N-dealkylation sites (tertiary alicyclic amines) is 1. The first kappa shape index (κ1) is 17.8. The monoisotopic (exact) mass is 358 g/mol. The van der Waals surface area contributed by atoms with E-state index in [-0.39, 0.29) is 12.1 Å². The Bertz CT molecular complexity index is 719. The van der Waals surface area contributed by atoms with Crippen LogP contribution in [0.3, 0.4) is 0 Å². The first-order chi connectivity index (χ1) is 12.7. The number of rotatable bonds is 5. The Hall–Kier alpha value is -3.03. The number of benzene rings is 1. The smallest absolute Gasteiger partial charge is 0.321 e. The molecular formula is C18H22N4O4. The van der Waals surface area contributed by atoms with Crippen LogP contribution in [0.2, 0.25) is 0 Å². The molecule has 1 aromatic carbocycles. The number of piperidine rings is 1. The van der Waals surface area contributed by atoms with Crippen LogP contribution in [0.4, 0.5) is 10.5 Å². The Morgan fingerprint density at radius 1 is 1.15 bits per heavy atom. The van der Waals surface area contributed by atoms with Crippen molar-refractivity contribution in [3.8, 4) is 17.5 Å². The van der Waals surface area contributed by atoms with Crippen molar-refractivity contribution in [3.63, 3.8) is 0 Å². The van der Waals surface area contributed by atoms with Crippen LogP contribution in [0.5, 0.6) is 17.5 Å². The van der Waals surface area contributed by atoms with Gasteiger partial charge in [-0.15, -0.1) is 0 Å². The average Bonchev–Trinajstić information content (AvgIpc) is 2.68. The van der Waals surface area contributed by atoms with Gasteiger partial charge in [-0.1, -0.05) is 0 Å². The molecule has 1 saturated heterocycles. The summed E-state index contributed by atoms with van der Waals surface area (Å²) in [6.45, 7) is 1.15. The third kappa shape index (κ3) is 4.53. The minimum Gasteiger partial charge on any atom is -0.497 e. The van der Waals surface area contributed by atoms with Crippen LogP contribution in [0.1, 0.15) is 12.8 Å². The lowest BCUT2D eigenvalue weighted by Gasteiger charge is -2.32. The van der Waals surface area contributed by atoms with Gasteiger partial charge in [-0.3, -0.25) is 0 Å². The van der Waals surface area contributed by atoms with Crippen molar-refractivity contribution in [1.29, 1.82) is 0 Å². The van der Waals surface area contributed by atoms with Crippen molar-refractivity contribution >= 4 is 11.7 Å². The number of anilines is 1. The number of carbonyl (C=O) groups is 1. The molecule has 0 radical (unpaired) electrons. The van der Waals surface area contributed by atoms with Crippen LogP contribution in [0, 0.1) is 0 Å². The number of nitrogens with one attached hydrogen (secondary N) is 1. The minimum absolute atomic E-state index is 0.128. The van der Waals surface area contributed by atoms with E-state index in [2.05, 4.69) is 15.3 Å². The lowest BCUT2D eigenvalue weighted by atomic mass is 10.1. The highest BCUT2D eigenvalue weighted by Crippen LogP contribution is 2.26. The average molecular weight is 358 g/mol. The first-order valence-corrected chi connectivity index (χ1v) is 8.40. The maximum absolute atomic E-state index is 12.6.